The zero-order chi connectivity index (χ0) is 20.4. The summed E-state index contributed by atoms with van der Waals surface area (Å²) >= 11 is 0. The van der Waals surface area contributed by atoms with E-state index >= 15 is 0 Å². The molecule has 0 saturated carbocycles. The molecule has 0 bridgehead atoms. The summed E-state index contributed by atoms with van der Waals surface area (Å²) in [6, 6.07) is 8.65. The van der Waals surface area contributed by atoms with Crippen LogP contribution < -0.4 is 0 Å². The van der Waals surface area contributed by atoms with E-state index in [1.165, 1.54) is 4.31 Å². The summed E-state index contributed by atoms with van der Waals surface area (Å²) in [5.74, 6) is -0.193. The standard InChI is InChI=1S/C19H31N3O4S/c1-14(2)21(18(24)12-20(3)4)11-16-19(15-9-7-6-8-10-15)17(13-23)22(16)27(5,25)26/h6-10,14,16-17,19,23H,11-13H2,1-5H3/t16-,17-,19+/m0/s1. The highest BCUT2D eigenvalue weighted by molar-refractivity contribution is 7.88. The molecule has 1 fully saturated rings. The van der Waals surface area contributed by atoms with Crippen LogP contribution in [0.3, 0.4) is 0 Å². The summed E-state index contributed by atoms with van der Waals surface area (Å²) in [4.78, 5) is 16.2. The fourth-order valence-corrected chi connectivity index (χ4v) is 5.26. The van der Waals surface area contributed by atoms with Crippen LogP contribution in [-0.2, 0) is 14.8 Å². The quantitative estimate of drug-likeness (QED) is 0.694. The van der Waals surface area contributed by atoms with Crippen LogP contribution in [0.15, 0.2) is 30.3 Å². The number of carbonyl (C=O) groups is 1. The Labute approximate surface area is 162 Å². The molecule has 27 heavy (non-hydrogen) atoms. The van der Waals surface area contributed by atoms with Crippen LogP contribution in [0, 0.1) is 0 Å². The van der Waals surface area contributed by atoms with Gasteiger partial charge in [0.05, 0.1) is 31.5 Å². The first kappa shape index (κ1) is 21.8. The average molecular weight is 398 g/mol. The Bertz CT molecular complexity index is 737. The number of aliphatic hydroxyl groups excluding tert-OH is 1. The summed E-state index contributed by atoms with van der Waals surface area (Å²) in [5.41, 5.74) is 0.977. The van der Waals surface area contributed by atoms with E-state index in [9.17, 15) is 18.3 Å². The van der Waals surface area contributed by atoms with Gasteiger partial charge in [0.1, 0.15) is 0 Å². The first-order valence-corrected chi connectivity index (χ1v) is 11.0. The predicted octanol–water partition coefficient (Wildman–Crippen LogP) is 0.574. The summed E-state index contributed by atoms with van der Waals surface area (Å²) in [5, 5.41) is 9.85. The second-order valence-electron chi connectivity index (χ2n) is 7.72. The minimum Gasteiger partial charge on any atom is -0.395 e. The van der Waals surface area contributed by atoms with Gasteiger partial charge in [-0.3, -0.25) is 4.79 Å². The number of benzene rings is 1. The van der Waals surface area contributed by atoms with Crippen molar-refractivity contribution in [2.24, 2.45) is 0 Å². The Morgan fingerprint density at radius 3 is 2.22 bits per heavy atom. The predicted molar refractivity (Wildman–Crippen MR) is 106 cm³/mol. The molecular formula is C19H31N3O4S. The van der Waals surface area contributed by atoms with Gasteiger partial charge in [0.15, 0.2) is 0 Å². The Morgan fingerprint density at radius 2 is 1.78 bits per heavy atom. The Morgan fingerprint density at radius 1 is 1.19 bits per heavy atom. The second kappa shape index (κ2) is 8.68. The molecule has 0 unspecified atom stereocenters. The lowest BCUT2D eigenvalue weighted by Crippen LogP contribution is -2.69. The van der Waals surface area contributed by atoms with Gasteiger partial charge < -0.3 is 14.9 Å². The first-order valence-electron chi connectivity index (χ1n) is 9.16. The van der Waals surface area contributed by atoms with E-state index in [-0.39, 0.29) is 31.0 Å². The number of sulfonamides is 1. The molecule has 1 N–H and O–H groups in total. The van der Waals surface area contributed by atoms with Crippen molar-refractivity contribution in [3.63, 3.8) is 0 Å². The maximum Gasteiger partial charge on any atom is 0.237 e. The molecule has 1 saturated heterocycles. The van der Waals surface area contributed by atoms with Crippen LogP contribution in [0.4, 0.5) is 0 Å². The van der Waals surface area contributed by atoms with Gasteiger partial charge in [-0.2, -0.15) is 4.31 Å². The molecule has 0 spiro atoms. The molecule has 1 heterocycles. The summed E-state index contributed by atoms with van der Waals surface area (Å²) in [6.07, 6.45) is 1.16. The van der Waals surface area contributed by atoms with Crippen molar-refractivity contribution in [1.29, 1.82) is 0 Å². The Balaban J connectivity index is 2.36. The van der Waals surface area contributed by atoms with Crippen LogP contribution in [0.2, 0.25) is 0 Å². The molecule has 1 aliphatic rings. The summed E-state index contributed by atoms with van der Waals surface area (Å²) < 4.78 is 26.1. The number of hydrogen-bond acceptors (Lipinski definition) is 5. The highest BCUT2D eigenvalue weighted by atomic mass is 32.2. The fourth-order valence-electron chi connectivity index (χ4n) is 3.88. The molecule has 8 heteroatoms. The van der Waals surface area contributed by atoms with Crippen molar-refractivity contribution in [3.05, 3.63) is 35.9 Å². The normalized spacial score (nSPS) is 23.5. The van der Waals surface area contributed by atoms with E-state index in [1.807, 2.05) is 58.3 Å². The van der Waals surface area contributed by atoms with E-state index in [4.69, 9.17) is 0 Å². The number of rotatable bonds is 8. The third kappa shape index (κ3) is 4.87. The molecule has 3 atom stereocenters. The van der Waals surface area contributed by atoms with E-state index in [1.54, 1.807) is 9.80 Å². The summed E-state index contributed by atoms with van der Waals surface area (Å²) in [7, 11) is 0.148. The van der Waals surface area contributed by atoms with Crippen molar-refractivity contribution < 1.29 is 18.3 Å². The van der Waals surface area contributed by atoms with Gasteiger partial charge in [-0.15, -0.1) is 0 Å². The molecule has 0 radical (unpaired) electrons. The molecule has 0 aromatic heterocycles. The van der Waals surface area contributed by atoms with E-state index in [0.29, 0.717) is 6.54 Å². The molecule has 1 aromatic rings. The van der Waals surface area contributed by atoms with Gasteiger partial charge >= 0.3 is 0 Å². The second-order valence-corrected chi connectivity index (χ2v) is 9.61. The maximum atomic E-state index is 12.7. The number of nitrogens with zero attached hydrogens (tertiary/aromatic N) is 3. The van der Waals surface area contributed by atoms with Crippen LogP contribution in [0.25, 0.3) is 0 Å². The molecule has 2 rings (SSSR count). The lowest BCUT2D eigenvalue weighted by molar-refractivity contribution is -0.135. The van der Waals surface area contributed by atoms with E-state index in [0.717, 1.165) is 11.8 Å². The molecule has 152 valence electrons. The van der Waals surface area contributed by atoms with Crippen molar-refractivity contribution in [2.75, 3.05) is 40.0 Å². The number of aliphatic hydroxyl groups is 1. The van der Waals surface area contributed by atoms with Gasteiger partial charge in [0.2, 0.25) is 15.9 Å². The number of hydrogen-bond donors (Lipinski definition) is 1. The monoisotopic (exact) mass is 397 g/mol. The minimum absolute atomic E-state index is 0.0392. The van der Waals surface area contributed by atoms with Crippen LogP contribution in [-0.4, -0.2) is 91.7 Å². The maximum absolute atomic E-state index is 12.7. The van der Waals surface area contributed by atoms with Crippen LogP contribution in [0.5, 0.6) is 0 Å². The number of amides is 1. The molecule has 1 aromatic carbocycles. The molecule has 1 aliphatic heterocycles. The number of carbonyl (C=O) groups excluding carboxylic acids is 1. The Hall–Kier alpha value is -1.48. The highest BCUT2D eigenvalue weighted by Gasteiger charge is 2.53. The highest BCUT2D eigenvalue weighted by Crippen LogP contribution is 2.42. The largest absolute Gasteiger partial charge is 0.395 e. The zero-order valence-corrected chi connectivity index (χ0v) is 17.6. The molecule has 0 aliphatic carbocycles. The third-order valence-electron chi connectivity index (χ3n) is 5.02. The lowest BCUT2D eigenvalue weighted by atomic mass is 9.77. The van der Waals surface area contributed by atoms with Crippen LogP contribution in [0.1, 0.15) is 25.3 Å². The van der Waals surface area contributed by atoms with Crippen molar-refractivity contribution in [3.8, 4) is 0 Å². The smallest absolute Gasteiger partial charge is 0.237 e. The third-order valence-corrected chi connectivity index (χ3v) is 6.32. The van der Waals surface area contributed by atoms with Crippen LogP contribution >= 0.6 is 0 Å². The van der Waals surface area contributed by atoms with Crippen molar-refractivity contribution in [1.82, 2.24) is 14.1 Å². The minimum atomic E-state index is -3.51. The fraction of sp³-hybridized carbons (Fsp3) is 0.632. The van der Waals surface area contributed by atoms with E-state index < -0.39 is 22.1 Å². The zero-order valence-electron chi connectivity index (χ0n) is 16.7. The van der Waals surface area contributed by atoms with Gasteiger partial charge in [-0.1, -0.05) is 30.3 Å². The van der Waals surface area contributed by atoms with E-state index in [2.05, 4.69) is 0 Å². The lowest BCUT2D eigenvalue weighted by Gasteiger charge is -2.54. The van der Waals surface area contributed by atoms with Gasteiger partial charge in [0, 0.05) is 18.5 Å². The topological polar surface area (TPSA) is 81.2 Å². The summed E-state index contributed by atoms with van der Waals surface area (Å²) in [6.45, 7) is 4.17. The van der Waals surface area contributed by atoms with Gasteiger partial charge in [0.25, 0.3) is 0 Å². The molecule has 1 amide bonds. The molecular weight excluding hydrogens is 366 g/mol. The Kier molecular flexibility index (Phi) is 7.02. The number of likely N-dealkylation sites (N-methyl/N-ethyl adjacent to an activating group) is 1. The first-order chi connectivity index (χ1) is 12.6. The van der Waals surface area contributed by atoms with Crippen molar-refractivity contribution >= 4 is 15.9 Å². The average Bonchev–Trinajstić information content (AvgIpc) is 2.52. The molecule has 7 nitrogen and oxygen atoms in total. The SMILES string of the molecule is CC(C)N(C[C@H]1[C@@H](c2ccccc2)[C@H](CO)N1S(C)(=O)=O)C(=O)CN(C)C. The van der Waals surface area contributed by atoms with Crippen molar-refractivity contribution in [2.45, 2.75) is 37.9 Å². The van der Waals surface area contributed by atoms with Gasteiger partial charge in [-0.25, -0.2) is 8.42 Å². The van der Waals surface area contributed by atoms with Gasteiger partial charge in [-0.05, 0) is 33.5 Å².